The Kier molecular flexibility index (Phi) is 8.95. The predicted octanol–water partition coefficient (Wildman–Crippen LogP) is 7.74. The minimum atomic E-state index is -5.15. The second kappa shape index (κ2) is 12.1. The molecule has 0 spiro atoms. The Morgan fingerprint density at radius 2 is 1.89 bits per heavy atom. The zero-order valence-electron chi connectivity index (χ0n) is 26.0. The molecular weight excluding hydrogens is 573 g/mol. The first-order valence-electron chi connectivity index (χ1n) is 15.5. The molecule has 0 amide bonds. The number of carbonyl (C=O) groups excluding carboxylic acids is 2. The van der Waals surface area contributed by atoms with E-state index in [1.165, 1.54) is 49.5 Å². The van der Waals surface area contributed by atoms with Crippen LogP contribution in [0.1, 0.15) is 77.7 Å². The Morgan fingerprint density at radius 3 is 2.52 bits per heavy atom. The minimum absolute atomic E-state index is 0.170. The molecule has 0 N–H and O–H groups in total. The van der Waals surface area contributed by atoms with Crippen LogP contribution >= 0.6 is 0 Å². The number of allylic oxidation sites excluding steroid dienone is 1. The van der Waals surface area contributed by atoms with Gasteiger partial charge in [-0.3, -0.25) is 0 Å². The van der Waals surface area contributed by atoms with Gasteiger partial charge in [-0.25, -0.2) is 9.59 Å². The lowest BCUT2D eigenvalue weighted by molar-refractivity contribution is -0.281. The Bertz CT molecular complexity index is 1340. The van der Waals surface area contributed by atoms with E-state index in [4.69, 9.17) is 18.9 Å². The summed E-state index contributed by atoms with van der Waals surface area (Å²) >= 11 is 0. The van der Waals surface area contributed by atoms with E-state index in [-0.39, 0.29) is 16.4 Å². The largest absolute Gasteiger partial charge is 0.432 e. The minimum Gasteiger partial charge on any atom is -0.418 e. The number of fused-ring (bicyclic) bond motifs is 1. The first kappa shape index (κ1) is 32.5. The molecule has 6 nitrogen and oxygen atoms in total. The molecule has 1 aromatic rings. The van der Waals surface area contributed by atoms with Crippen molar-refractivity contribution < 1.29 is 41.7 Å². The van der Waals surface area contributed by atoms with Crippen LogP contribution in [-0.4, -0.2) is 44.2 Å². The summed E-state index contributed by atoms with van der Waals surface area (Å²) in [5.74, 6) is -1.36. The molecule has 5 rings (SSSR count). The van der Waals surface area contributed by atoms with Crippen molar-refractivity contribution in [3.05, 3.63) is 71.3 Å². The van der Waals surface area contributed by atoms with Crippen LogP contribution in [0, 0.1) is 22.7 Å². The highest BCUT2D eigenvalue weighted by Crippen LogP contribution is 2.63. The third kappa shape index (κ3) is 5.55. The lowest BCUT2D eigenvalue weighted by atomic mass is 9.46. The average Bonchev–Trinajstić information content (AvgIpc) is 3.35. The highest BCUT2D eigenvalue weighted by Gasteiger charge is 2.65. The zero-order valence-corrected chi connectivity index (χ0v) is 26.0. The SMILES string of the molecule is C=C1CCC[C@@H]2[C@@](C)(CCC3=CC[C@H](C4=CC(=O)O[C@@H]4OC(=O)[C@@](OC)(c4ccccc4)C(F)(F)F)OC3)[C@@H](C)CC[C@@]12C. The third-order valence-corrected chi connectivity index (χ3v) is 11.2. The molecule has 0 saturated heterocycles. The molecule has 0 aromatic heterocycles. The van der Waals surface area contributed by atoms with Crippen LogP contribution < -0.4 is 0 Å². The molecule has 2 saturated carbocycles. The van der Waals surface area contributed by atoms with Gasteiger partial charge in [0.05, 0.1) is 12.7 Å². The van der Waals surface area contributed by atoms with Crippen LogP contribution in [-0.2, 0) is 34.1 Å². The number of methoxy groups -OCH3 is 1. The number of hydrogen-bond acceptors (Lipinski definition) is 6. The highest BCUT2D eigenvalue weighted by atomic mass is 19.4. The second-order valence-electron chi connectivity index (χ2n) is 13.4. The molecule has 9 heteroatoms. The van der Waals surface area contributed by atoms with Crippen molar-refractivity contribution in [3.8, 4) is 0 Å². The molecule has 0 radical (unpaired) electrons. The third-order valence-electron chi connectivity index (χ3n) is 11.2. The van der Waals surface area contributed by atoms with E-state index in [0.717, 1.165) is 50.2 Å². The number of halogens is 3. The summed E-state index contributed by atoms with van der Waals surface area (Å²) in [5.41, 5.74) is -0.778. The highest BCUT2D eigenvalue weighted by molar-refractivity contribution is 5.87. The van der Waals surface area contributed by atoms with Crippen molar-refractivity contribution in [3.63, 3.8) is 0 Å². The van der Waals surface area contributed by atoms with Gasteiger partial charge in [-0.2, -0.15) is 13.2 Å². The monoisotopic (exact) mass is 616 g/mol. The molecule has 0 bridgehead atoms. The molecule has 7 atom stereocenters. The van der Waals surface area contributed by atoms with E-state index in [1.807, 2.05) is 0 Å². The number of alkyl halides is 3. The number of cyclic esters (lactones) is 1. The van der Waals surface area contributed by atoms with Crippen LogP contribution in [0.4, 0.5) is 13.2 Å². The van der Waals surface area contributed by atoms with Crippen molar-refractivity contribution >= 4 is 11.9 Å². The van der Waals surface area contributed by atoms with Crippen LogP contribution in [0.2, 0.25) is 0 Å². The summed E-state index contributed by atoms with van der Waals surface area (Å²) in [7, 11) is 0.787. The fourth-order valence-corrected chi connectivity index (χ4v) is 8.15. The number of esters is 2. The summed E-state index contributed by atoms with van der Waals surface area (Å²) in [6.07, 6.45) is 3.91. The van der Waals surface area contributed by atoms with Crippen LogP contribution in [0.25, 0.3) is 0 Å². The van der Waals surface area contributed by atoms with E-state index in [2.05, 4.69) is 33.4 Å². The van der Waals surface area contributed by atoms with Crippen molar-refractivity contribution in [1.82, 2.24) is 0 Å². The van der Waals surface area contributed by atoms with E-state index in [9.17, 15) is 22.8 Å². The molecule has 2 fully saturated rings. The van der Waals surface area contributed by atoms with Crippen LogP contribution in [0.3, 0.4) is 0 Å². The van der Waals surface area contributed by atoms with Crippen molar-refractivity contribution in [2.75, 3.05) is 13.7 Å². The lowest BCUT2D eigenvalue weighted by Gasteiger charge is -2.59. The maximum atomic E-state index is 14.4. The maximum absolute atomic E-state index is 14.4. The quantitative estimate of drug-likeness (QED) is 0.220. The first-order chi connectivity index (χ1) is 20.8. The molecule has 1 aromatic carbocycles. The smallest absolute Gasteiger partial charge is 0.418 e. The van der Waals surface area contributed by atoms with Gasteiger partial charge in [0.2, 0.25) is 0 Å². The lowest BCUT2D eigenvalue weighted by Crippen LogP contribution is -2.52. The van der Waals surface area contributed by atoms with Gasteiger partial charge in [0, 0.05) is 24.3 Å². The molecule has 2 aliphatic heterocycles. The van der Waals surface area contributed by atoms with Gasteiger partial charge in [-0.15, -0.1) is 0 Å². The van der Waals surface area contributed by atoms with Crippen molar-refractivity contribution in [1.29, 1.82) is 0 Å². The number of hydrogen-bond donors (Lipinski definition) is 0. The number of rotatable bonds is 8. The van der Waals surface area contributed by atoms with Gasteiger partial charge >= 0.3 is 18.1 Å². The Labute approximate surface area is 257 Å². The second-order valence-corrected chi connectivity index (χ2v) is 13.4. The molecule has 4 aliphatic rings. The summed E-state index contributed by atoms with van der Waals surface area (Å²) in [6.45, 7) is 12.0. The normalized spacial score (nSPS) is 33.9. The Hall–Kier alpha value is -2.91. The van der Waals surface area contributed by atoms with Gasteiger partial charge in [-0.05, 0) is 79.6 Å². The number of ether oxygens (including phenoxy) is 4. The van der Waals surface area contributed by atoms with Crippen LogP contribution in [0.15, 0.2) is 65.8 Å². The Morgan fingerprint density at radius 1 is 1.16 bits per heavy atom. The van der Waals surface area contributed by atoms with Gasteiger partial charge in [0.15, 0.2) is 0 Å². The van der Waals surface area contributed by atoms with Gasteiger partial charge in [-0.1, -0.05) is 69.3 Å². The standard InChI is InChI=1S/C35H43F3O6/c1-22-10-9-13-28-32(22,3)18-16-23(2)33(28,4)19-17-24-14-15-27(42-21-24)26-20-29(39)43-30(26)44-31(40)34(41-5,35(36,37)38)25-11-7-6-8-12-25/h6-8,11-12,14,20,23,27-28,30H,1,9-10,13,15-19,21H2,2-5H3/t23-,27+,28-,30+,32-,33-,34-/m0/s1. The van der Waals surface area contributed by atoms with Gasteiger partial charge in [0.1, 0.15) is 0 Å². The van der Waals surface area contributed by atoms with Gasteiger partial charge < -0.3 is 18.9 Å². The first-order valence-corrected chi connectivity index (χ1v) is 15.5. The molecular formula is C35H43F3O6. The van der Waals surface area contributed by atoms with E-state index < -0.39 is 41.7 Å². The summed E-state index contributed by atoms with van der Waals surface area (Å²) in [6, 6.07) is 6.51. The summed E-state index contributed by atoms with van der Waals surface area (Å²) in [5, 5.41) is 0. The number of carbonyl (C=O) groups is 2. The van der Waals surface area contributed by atoms with Crippen molar-refractivity contribution in [2.45, 2.75) is 96.3 Å². The molecule has 2 heterocycles. The summed E-state index contributed by atoms with van der Waals surface area (Å²) < 4.78 is 64.4. The zero-order chi connectivity index (χ0) is 31.9. The number of benzene rings is 1. The average molecular weight is 617 g/mol. The summed E-state index contributed by atoms with van der Waals surface area (Å²) in [4.78, 5) is 25.4. The van der Waals surface area contributed by atoms with Gasteiger partial charge in [0.25, 0.3) is 11.9 Å². The topological polar surface area (TPSA) is 71.1 Å². The fourth-order valence-electron chi connectivity index (χ4n) is 8.15. The Balaban J connectivity index is 1.27. The fraction of sp³-hybridized carbons (Fsp3) is 0.600. The van der Waals surface area contributed by atoms with E-state index in [0.29, 0.717) is 24.9 Å². The van der Waals surface area contributed by atoms with Crippen molar-refractivity contribution in [2.24, 2.45) is 22.7 Å². The van der Waals surface area contributed by atoms with Crippen LogP contribution in [0.5, 0.6) is 0 Å². The maximum Gasteiger partial charge on any atom is 0.432 e. The molecule has 44 heavy (non-hydrogen) atoms. The van der Waals surface area contributed by atoms with E-state index in [1.54, 1.807) is 0 Å². The van der Waals surface area contributed by atoms with E-state index >= 15 is 0 Å². The molecule has 0 unspecified atom stereocenters. The molecule has 240 valence electrons. The predicted molar refractivity (Wildman–Crippen MR) is 158 cm³/mol. The molecule has 2 aliphatic carbocycles.